The normalized spacial score (nSPS) is 27.6. The molecule has 1 aromatic carbocycles. The number of carbonyl (C=O) groups excluding carboxylic acids is 1. The Morgan fingerprint density at radius 3 is 2.29 bits per heavy atom. The van der Waals surface area contributed by atoms with Crippen LogP contribution in [0.3, 0.4) is 0 Å². The van der Waals surface area contributed by atoms with Gasteiger partial charge >= 0.3 is 0 Å². The average molecular weight is 503 g/mol. The van der Waals surface area contributed by atoms with Crippen LogP contribution in [0.4, 0.5) is 5.69 Å². The third-order valence-corrected chi connectivity index (χ3v) is 10.0. The fourth-order valence-corrected chi connectivity index (χ4v) is 8.47. The predicted molar refractivity (Wildman–Crippen MR) is 136 cm³/mol. The molecule has 0 unspecified atom stereocenters. The van der Waals surface area contributed by atoms with Crippen LogP contribution in [0.1, 0.15) is 49.8 Å². The van der Waals surface area contributed by atoms with Crippen molar-refractivity contribution in [3.63, 3.8) is 0 Å². The van der Waals surface area contributed by atoms with Gasteiger partial charge in [-0.3, -0.25) is 9.10 Å². The van der Waals surface area contributed by atoms with Gasteiger partial charge in [0.15, 0.2) is 0 Å². The number of hydrogen-bond acceptors (Lipinski definition) is 5. The number of thioether (sulfide) groups is 1. The van der Waals surface area contributed by atoms with E-state index in [1.165, 1.54) is 48.4 Å². The Labute approximate surface area is 206 Å². The van der Waals surface area contributed by atoms with Gasteiger partial charge in [0.1, 0.15) is 12.3 Å². The van der Waals surface area contributed by atoms with Gasteiger partial charge in [-0.05, 0) is 91.5 Å². The summed E-state index contributed by atoms with van der Waals surface area (Å²) in [6.07, 6.45) is 10.8. The van der Waals surface area contributed by atoms with Gasteiger partial charge in [0.05, 0.1) is 24.0 Å². The molecule has 4 aliphatic carbocycles. The minimum absolute atomic E-state index is 0.210. The van der Waals surface area contributed by atoms with Crippen molar-refractivity contribution in [2.24, 2.45) is 17.8 Å². The number of hydrogen-bond donors (Lipinski definition) is 1. The van der Waals surface area contributed by atoms with E-state index in [0.717, 1.165) is 41.3 Å². The highest BCUT2D eigenvalue weighted by Gasteiger charge is 2.51. The van der Waals surface area contributed by atoms with E-state index in [9.17, 15) is 13.2 Å². The zero-order valence-electron chi connectivity index (χ0n) is 19.7. The molecule has 6 nitrogen and oxygen atoms in total. The van der Waals surface area contributed by atoms with E-state index < -0.39 is 10.0 Å². The first-order valence-electron chi connectivity index (χ1n) is 12.3. The summed E-state index contributed by atoms with van der Waals surface area (Å²) in [5, 5.41) is 2.84. The number of carbonyl (C=O) groups is 1. The SMILES string of the molecule is CS(=O)(=O)N(CC(=O)NCCSCc1ccco1)c1ccc(C23CC4CC(CC(C4)C2)C3)cc1. The number of sulfonamides is 1. The number of nitrogens with zero attached hydrogens (tertiary/aromatic N) is 1. The maximum absolute atomic E-state index is 12.5. The minimum atomic E-state index is -3.58. The largest absolute Gasteiger partial charge is 0.468 e. The van der Waals surface area contributed by atoms with Gasteiger partial charge in [-0.2, -0.15) is 11.8 Å². The summed E-state index contributed by atoms with van der Waals surface area (Å²) < 4.78 is 31.5. The summed E-state index contributed by atoms with van der Waals surface area (Å²) in [7, 11) is -3.58. The minimum Gasteiger partial charge on any atom is -0.468 e. The van der Waals surface area contributed by atoms with E-state index in [0.29, 0.717) is 12.2 Å². The van der Waals surface area contributed by atoms with Gasteiger partial charge in [-0.1, -0.05) is 12.1 Å². The molecule has 1 heterocycles. The van der Waals surface area contributed by atoms with Crippen LogP contribution in [0.2, 0.25) is 0 Å². The molecule has 0 spiro atoms. The van der Waals surface area contributed by atoms with E-state index in [1.807, 2.05) is 24.3 Å². The third kappa shape index (κ3) is 5.18. The maximum atomic E-state index is 12.5. The molecular formula is C26H34N2O4S2. The highest BCUT2D eigenvalue weighted by molar-refractivity contribution is 7.98. The Hall–Kier alpha value is -1.93. The second-order valence-corrected chi connectivity index (χ2v) is 13.5. The molecule has 0 aliphatic heterocycles. The second kappa shape index (κ2) is 9.61. The van der Waals surface area contributed by atoms with Crippen molar-refractivity contribution in [2.75, 3.05) is 29.4 Å². The first kappa shape index (κ1) is 23.8. The van der Waals surface area contributed by atoms with Gasteiger partial charge in [-0.25, -0.2) is 8.42 Å². The van der Waals surface area contributed by atoms with Crippen LogP contribution in [0, 0.1) is 17.8 Å². The van der Waals surface area contributed by atoms with Gasteiger partial charge in [0.25, 0.3) is 0 Å². The van der Waals surface area contributed by atoms with Gasteiger partial charge in [0.2, 0.25) is 15.9 Å². The number of benzene rings is 1. The van der Waals surface area contributed by atoms with Crippen molar-refractivity contribution >= 4 is 33.4 Å². The van der Waals surface area contributed by atoms with E-state index in [-0.39, 0.29) is 17.9 Å². The second-order valence-electron chi connectivity index (χ2n) is 10.5. The van der Waals surface area contributed by atoms with Crippen LogP contribution >= 0.6 is 11.8 Å². The Morgan fingerprint density at radius 1 is 1.09 bits per heavy atom. The number of amides is 1. The number of anilines is 1. The Balaban J connectivity index is 1.19. The molecular weight excluding hydrogens is 468 g/mol. The Kier molecular flexibility index (Phi) is 6.73. The smallest absolute Gasteiger partial charge is 0.240 e. The number of rotatable bonds is 10. The van der Waals surface area contributed by atoms with Crippen molar-refractivity contribution in [1.82, 2.24) is 5.32 Å². The molecule has 1 aromatic heterocycles. The lowest BCUT2D eigenvalue weighted by Crippen LogP contribution is -2.48. The number of nitrogens with one attached hydrogen (secondary N) is 1. The highest BCUT2D eigenvalue weighted by atomic mass is 32.2. The Morgan fingerprint density at radius 2 is 1.74 bits per heavy atom. The van der Waals surface area contributed by atoms with E-state index in [4.69, 9.17) is 4.42 Å². The van der Waals surface area contributed by atoms with Gasteiger partial charge in [0, 0.05) is 12.3 Å². The number of furan rings is 1. The first-order chi connectivity index (χ1) is 16.3. The molecule has 4 fully saturated rings. The predicted octanol–water partition coefficient (Wildman–Crippen LogP) is 4.56. The van der Waals surface area contributed by atoms with Crippen LogP contribution in [0.15, 0.2) is 47.1 Å². The Bertz CT molecular complexity index is 1060. The summed E-state index contributed by atoms with van der Waals surface area (Å²) in [4.78, 5) is 12.5. The summed E-state index contributed by atoms with van der Waals surface area (Å²) in [5.74, 6) is 4.66. The molecule has 184 valence electrons. The highest BCUT2D eigenvalue weighted by Crippen LogP contribution is 2.60. The molecule has 1 N–H and O–H groups in total. The van der Waals surface area contributed by atoms with Crippen molar-refractivity contribution in [1.29, 1.82) is 0 Å². The molecule has 0 atom stereocenters. The molecule has 2 aromatic rings. The summed E-state index contributed by atoms with van der Waals surface area (Å²) in [6.45, 7) is 0.269. The molecule has 4 aliphatic rings. The zero-order valence-corrected chi connectivity index (χ0v) is 21.4. The van der Waals surface area contributed by atoms with Crippen molar-refractivity contribution < 1.29 is 17.6 Å². The van der Waals surface area contributed by atoms with Crippen LogP contribution < -0.4 is 9.62 Å². The molecule has 1 amide bonds. The fraction of sp³-hybridized carbons (Fsp3) is 0.577. The van der Waals surface area contributed by atoms with Crippen LogP contribution in [-0.2, 0) is 26.0 Å². The van der Waals surface area contributed by atoms with Gasteiger partial charge < -0.3 is 9.73 Å². The maximum Gasteiger partial charge on any atom is 0.240 e. The van der Waals surface area contributed by atoms with E-state index in [1.54, 1.807) is 18.0 Å². The van der Waals surface area contributed by atoms with Crippen LogP contribution in [0.25, 0.3) is 0 Å². The van der Waals surface area contributed by atoms with E-state index >= 15 is 0 Å². The fourth-order valence-electron chi connectivity index (χ4n) is 6.86. The quantitative estimate of drug-likeness (QED) is 0.482. The molecule has 4 bridgehead atoms. The lowest BCUT2D eigenvalue weighted by atomic mass is 9.48. The van der Waals surface area contributed by atoms with E-state index in [2.05, 4.69) is 17.4 Å². The average Bonchev–Trinajstić information content (AvgIpc) is 3.29. The lowest BCUT2D eigenvalue weighted by molar-refractivity contribution is -0.119. The van der Waals surface area contributed by atoms with Crippen LogP contribution in [-0.4, -0.2) is 39.4 Å². The standard InChI is InChI=1S/C26H34N2O4S2/c1-34(30,31)28(17-25(29)27-8-10-33-18-24-3-2-9-32-24)23-6-4-22(5-7-23)26-14-19-11-20(15-26)13-21(12-19)16-26/h2-7,9,19-21H,8,10-18H2,1H3,(H,27,29). The molecule has 0 radical (unpaired) electrons. The van der Waals surface area contributed by atoms with Crippen molar-refractivity contribution in [3.05, 3.63) is 54.0 Å². The van der Waals surface area contributed by atoms with Gasteiger partial charge in [-0.15, -0.1) is 0 Å². The molecule has 0 saturated heterocycles. The van der Waals surface area contributed by atoms with Crippen LogP contribution in [0.5, 0.6) is 0 Å². The summed E-state index contributed by atoms with van der Waals surface area (Å²) >= 11 is 1.66. The molecule has 4 saturated carbocycles. The monoisotopic (exact) mass is 502 g/mol. The third-order valence-electron chi connectivity index (χ3n) is 7.89. The molecule has 6 rings (SSSR count). The topological polar surface area (TPSA) is 79.6 Å². The molecule has 34 heavy (non-hydrogen) atoms. The first-order valence-corrected chi connectivity index (χ1v) is 15.3. The van der Waals surface area contributed by atoms with Crippen molar-refractivity contribution in [3.8, 4) is 0 Å². The summed E-state index contributed by atoms with van der Waals surface area (Å²) in [6, 6.07) is 11.8. The molecule has 8 heteroatoms. The summed E-state index contributed by atoms with van der Waals surface area (Å²) in [5.41, 5.74) is 2.17. The lowest BCUT2D eigenvalue weighted by Gasteiger charge is -2.57. The zero-order chi connectivity index (χ0) is 23.8. The van der Waals surface area contributed by atoms with Crippen molar-refractivity contribution in [2.45, 2.75) is 49.7 Å².